The summed E-state index contributed by atoms with van der Waals surface area (Å²) in [5.41, 5.74) is 3.67. The minimum absolute atomic E-state index is 0. The standard InChI is InChI=1S/C24H24N4O.ClH/c29-24(19-6-4-18(5-7-19)23-25-12-1-13-26-23)28-20-10-8-17(9-11-20)21-14-22(21)27-15-16-2-3-16;/h1,4-13,16,21-22,27H,2-3,14-15H2,(H,28,29);1H. The summed E-state index contributed by atoms with van der Waals surface area (Å²) in [7, 11) is 0. The van der Waals surface area contributed by atoms with Gasteiger partial charge in [-0.25, -0.2) is 9.97 Å². The van der Waals surface area contributed by atoms with Gasteiger partial charge in [0.1, 0.15) is 0 Å². The Morgan fingerprint density at radius 3 is 2.33 bits per heavy atom. The Bertz CT molecular complexity index is 988. The molecule has 2 atom stereocenters. The van der Waals surface area contributed by atoms with Crippen LogP contribution in [0.15, 0.2) is 67.0 Å². The van der Waals surface area contributed by atoms with E-state index in [-0.39, 0.29) is 18.3 Å². The number of hydrogen-bond donors (Lipinski definition) is 2. The highest BCUT2D eigenvalue weighted by Gasteiger charge is 2.38. The van der Waals surface area contributed by atoms with E-state index in [2.05, 4.69) is 32.7 Å². The molecule has 0 radical (unpaired) electrons. The van der Waals surface area contributed by atoms with Gasteiger partial charge in [0.2, 0.25) is 0 Å². The molecule has 30 heavy (non-hydrogen) atoms. The predicted molar refractivity (Wildman–Crippen MR) is 121 cm³/mol. The van der Waals surface area contributed by atoms with Crippen molar-refractivity contribution >= 4 is 24.0 Å². The van der Waals surface area contributed by atoms with Gasteiger partial charge in [-0.05, 0) is 67.6 Å². The van der Waals surface area contributed by atoms with E-state index in [1.165, 1.54) is 31.4 Å². The normalized spacial score (nSPS) is 19.6. The molecule has 0 spiro atoms. The maximum atomic E-state index is 12.5. The summed E-state index contributed by atoms with van der Waals surface area (Å²) >= 11 is 0. The van der Waals surface area contributed by atoms with Crippen molar-refractivity contribution in [3.05, 3.63) is 78.1 Å². The fraction of sp³-hybridized carbons (Fsp3) is 0.292. The molecule has 3 aromatic rings. The van der Waals surface area contributed by atoms with Gasteiger partial charge in [-0.1, -0.05) is 24.3 Å². The highest BCUT2D eigenvalue weighted by molar-refractivity contribution is 6.04. The van der Waals surface area contributed by atoms with Gasteiger partial charge in [0.15, 0.2) is 5.82 Å². The molecule has 1 amide bonds. The minimum Gasteiger partial charge on any atom is -0.322 e. The summed E-state index contributed by atoms with van der Waals surface area (Å²) < 4.78 is 0. The van der Waals surface area contributed by atoms with Crippen LogP contribution < -0.4 is 10.6 Å². The van der Waals surface area contributed by atoms with Crippen molar-refractivity contribution < 1.29 is 4.79 Å². The second-order valence-corrected chi connectivity index (χ2v) is 8.03. The van der Waals surface area contributed by atoms with Crippen LogP contribution in [0.3, 0.4) is 0 Å². The molecule has 0 aliphatic heterocycles. The van der Waals surface area contributed by atoms with Crippen molar-refractivity contribution in [3.63, 3.8) is 0 Å². The average molecular weight is 421 g/mol. The van der Waals surface area contributed by atoms with E-state index in [0.29, 0.717) is 23.3 Å². The van der Waals surface area contributed by atoms with Gasteiger partial charge in [-0.15, -0.1) is 12.4 Å². The molecule has 2 aliphatic rings. The summed E-state index contributed by atoms with van der Waals surface area (Å²) in [6, 6.07) is 18.0. The van der Waals surface area contributed by atoms with Crippen LogP contribution >= 0.6 is 12.4 Å². The molecule has 2 unspecified atom stereocenters. The first-order valence-electron chi connectivity index (χ1n) is 10.3. The monoisotopic (exact) mass is 420 g/mol. The second-order valence-electron chi connectivity index (χ2n) is 8.03. The number of amides is 1. The third-order valence-electron chi connectivity index (χ3n) is 5.72. The Labute approximate surface area is 182 Å². The lowest BCUT2D eigenvalue weighted by Gasteiger charge is -2.08. The Morgan fingerprint density at radius 2 is 1.67 bits per heavy atom. The fourth-order valence-corrected chi connectivity index (χ4v) is 3.66. The first kappa shape index (κ1) is 20.5. The van der Waals surface area contributed by atoms with Crippen molar-refractivity contribution in [2.75, 3.05) is 11.9 Å². The van der Waals surface area contributed by atoms with Gasteiger partial charge in [-0.3, -0.25) is 4.79 Å². The SMILES string of the molecule is Cl.O=C(Nc1ccc(C2CC2NCC2CC2)cc1)c1ccc(-c2ncccn2)cc1. The number of carbonyl (C=O) groups is 1. The quantitative estimate of drug-likeness (QED) is 0.582. The average Bonchev–Trinajstić information content (AvgIpc) is 3.69. The second kappa shape index (κ2) is 8.94. The van der Waals surface area contributed by atoms with Crippen LogP contribution in [-0.2, 0) is 0 Å². The Hall–Kier alpha value is -2.76. The first-order chi connectivity index (χ1) is 14.3. The van der Waals surface area contributed by atoms with Crippen LogP contribution in [0.2, 0.25) is 0 Å². The zero-order valence-corrected chi connectivity index (χ0v) is 17.4. The smallest absolute Gasteiger partial charge is 0.255 e. The number of aromatic nitrogens is 2. The maximum Gasteiger partial charge on any atom is 0.255 e. The predicted octanol–water partition coefficient (Wildman–Crippen LogP) is 4.67. The van der Waals surface area contributed by atoms with Crippen LogP contribution in [-0.4, -0.2) is 28.5 Å². The third-order valence-corrected chi connectivity index (χ3v) is 5.72. The Kier molecular flexibility index (Phi) is 6.11. The molecular weight excluding hydrogens is 396 g/mol. The maximum absolute atomic E-state index is 12.5. The van der Waals surface area contributed by atoms with E-state index in [1.54, 1.807) is 30.6 Å². The molecule has 2 saturated carbocycles. The molecule has 6 heteroatoms. The van der Waals surface area contributed by atoms with Crippen molar-refractivity contribution in [1.82, 2.24) is 15.3 Å². The van der Waals surface area contributed by atoms with E-state index in [0.717, 1.165) is 17.2 Å². The van der Waals surface area contributed by atoms with E-state index in [4.69, 9.17) is 0 Å². The van der Waals surface area contributed by atoms with Crippen LogP contribution in [0.25, 0.3) is 11.4 Å². The lowest BCUT2D eigenvalue weighted by Crippen LogP contribution is -2.20. The molecule has 2 N–H and O–H groups in total. The van der Waals surface area contributed by atoms with E-state index in [9.17, 15) is 4.79 Å². The lowest BCUT2D eigenvalue weighted by molar-refractivity contribution is 0.102. The zero-order chi connectivity index (χ0) is 19.6. The van der Waals surface area contributed by atoms with Gasteiger partial charge in [0.25, 0.3) is 5.91 Å². The number of benzene rings is 2. The third kappa shape index (κ3) is 4.86. The zero-order valence-electron chi connectivity index (χ0n) is 16.6. The molecule has 0 bridgehead atoms. The topological polar surface area (TPSA) is 66.9 Å². The minimum atomic E-state index is -0.117. The van der Waals surface area contributed by atoms with E-state index < -0.39 is 0 Å². The highest BCUT2D eigenvalue weighted by Crippen LogP contribution is 2.41. The van der Waals surface area contributed by atoms with Gasteiger partial charge >= 0.3 is 0 Å². The molecule has 2 fully saturated rings. The molecule has 5 rings (SSSR count). The molecular formula is C24H25ClN4O. The number of rotatable bonds is 7. The lowest BCUT2D eigenvalue weighted by atomic mass is 10.1. The van der Waals surface area contributed by atoms with Crippen LogP contribution in [0, 0.1) is 5.92 Å². The molecule has 0 saturated heterocycles. The van der Waals surface area contributed by atoms with E-state index in [1.807, 2.05) is 24.3 Å². The van der Waals surface area contributed by atoms with Crippen LogP contribution in [0.1, 0.15) is 41.1 Å². The van der Waals surface area contributed by atoms with Crippen molar-refractivity contribution in [3.8, 4) is 11.4 Å². The molecule has 2 aliphatic carbocycles. The molecule has 5 nitrogen and oxygen atoms in total. The summed E-state index contributed by atoms with van der Waals surface area (Å²) in [4.78, 5) is 21.0. The van der Waals surface area contributed by atoms with Gasteiger partial charge in [0, 0.05) is 41.2 Å². The number of anilines is 1. The number of nitrogens with zero attached hydrogens (tertiary/aromatic N) is 2. The van der Waals surface area contributed by atoms with Crippen LogP contribution in [0.4, 0.5) is 5.69 Å². The summed E-state index contributed by atoms with van der Waals surface area (Å²) in [5, 5.41) is 6.65. The van der Waals surface area contributed by atoms with Crippen molar-refractivity contribution in [2.45, 2.75) is 31.2 Å². The molecule has 1 aromatic heterocycles. The van der Waals surface area contributed by atoms with Gasteiger partial charge in [0.05, 0.1) is 0 Å². The largest absolute Gasteiger partial charge is 0.322 e. The Morgan fingerprint density at radius 1 is 0.967 bits per heavy atom. The van der Waals surface area contributed by atoms with Crippen molar-refractivity contribution in [1.29, 1.82) is 0 Å². The van der Waals surface area contributed by atoms with E-state index >= 15 is 0 Å². The molecule has 1 heterocycles. The fourth-order valence-electron chi connectivity index (χ4n) is 3.66. The van der Waals surface area contributed by atoms with Crippen LogP contribution in [0.5, 0.6) is 0 Å². The van der Waals surface area contributed by atoms with Gasteiger partial charge in [-0.2, -0.15) is 0 Å². The van der Waals surface area contributed by atoms with Gasteiger partial charge < -0.3 is 10.6 Å². The summed E-state index contributed by atoms with van der Waals surface area (Å²) in [5.74, 6) is 2.07. The summed E-state index contributed by atoms with van der Waals surface area (Å²) in [6.07, 6.45) is 7.41. The highest BCUT2D eigenvalue weighted by atomic mass is 35.5. The number of halogens is 1. The molecule has 2 aromatic carbocycles. The Balaban J connectivity index is 0.00000218. The number of hydrogen-bond acceptors (Lipinski definition) is 4. The first-order valence-corrected chi connectivity index (χ1v) is 10.3. The number of nitrogens with one attached hydrogen (secondary N) is 2. The summed E-state index contributed by atoms with van der Waals surface area (Å²) in [6.45, 7) is 1.17. The van der Waals surface area contributed by atoms with Crippen molar-refractivity contribution in [2.24, 2.45) is 5.92 Å². The molecule has 154 valence electrons. The number of carbonyl (C=O) groups excluding carboxylic acids is 1.